The van der Waals surface area contributed by atoms with Crippen molar-refractivity contribution >= 4 is 17.7 Å². The van der Waals surface area contributed by atoms with Crippen molar-refractivity contribution in [2.45, 2.75) is 12.5 Å². The number of aromatic nitrogens is 1. The molecule has 1 heterocycles. The van der Waals surface area contributed by atoms with Gasteiger partial charge in [0.15, 0.2) is 0 Å². The second-order valence-electron chi connectivity index (χ2n) is 3.81. The van der Waals surface area contributed by atoms with E-state index in [1.165, 1.54) is 11.1 Å². The third kappa shape index (κ3) is 3.36. The number of rotatable bonds is 5. The minimum absolute atomic E-state index is 0.219. The zero-order valence-electron chi connectivity index (χ0n) is 9.41. The van der Waals surface area contributed by atoms with Crippen LogP contribution in [0.3, 0.4) is 0 Å². The van der Waals surface area contributed by atoms with E-state index >= 15 is 0 Å². The topological polar surface area (TPSA) is 24.9 Å². The summed E-state index contributed by atoms with van der Waals surface area (Å²) in [6.45, 7) is 0. The Bertz CT molecular complexity index is 456. The lowest BCUT2D eigenvalue weighted by Crippen LogP contribution is -2.20. The van der Waals surface area contributed by atoms with Gasteiger partial charge < -0.3 is 5.32 Å². The van der Waals surface area contributed by atoms with Gasteiger partial charge in [0.25, 0.3) is 0 Å². The van der Waals surface area contributed by atoms with Gasteiger partial charge in [-0.25, -0.2) is 0 Å². The van der Waals surface area contributed by atoms with Crippen molar-refractivity contribution in [3.8, 4) is 0 Å². The van der Waals surface area contributed by atoms with Crippen LogP contribution in [0.5, 0.6) is 0 Å². The van der Waals surface area contributed by atoms with Crippen molar-refractivity contribution in [1.29, 1.82) is 0 Å². The number of pyridine rings is 1. The van der Waals surface area contributed by atoms with Crippen LogP contribution in [0, 0.1) is 0 Å². The molecule has 0 aliphatic carbocycles. The Labute approximate surface area is 107 Å². The van der Waals surface area contributed by atoms with Gasteiger partial charge in [-0.05, 0) is 29.7 Å². The molecule has 0 spiro atoms. The van der Waals surface area contributed by atoms with Crippen LogP contribution in [0.1, 0.15) is 17.2 Å². The van der Waals surface area contributed by atoms with E-state index in [2.05, 4.69) is 22.4 Å². The number of hydrogen-bond donors (Lipinski definition) is 1. The predicted octanol–water partition coefficient (Wildman–Crippen LogP) is 2.91. The van der Waals surface area contributed by atoms with Gasteiger partial charge in [0.05, 0.1) is 11.5 Å². The summed E-state index contributed by atoms with van der Waals surface area (Å²) in [5.74, 6) is 0. The Balaban J connectivity index is 2.16. The van der Waals surface area contributed by atoms with Crippen molar-refractivity contribution in [2.24, 2.45) is 0 Å². The molecular weight excluding hydrogens is 228 g/mol. The van der Waals surface area contributed by atoms with Crippen LogP contribution in [-0.4, -0.2) is 10.5 Å². The number of benzene rings is 1. The Morgan fingerprint density at radius 1 is 1.12 bits per heavy atom. The molecule has 0 aliphatic rings. The number of hydrogen-bond acceptors (Lipinski definition) is 2. The molecule has 1 aromatic carbocycles. The van der Waals surface area contributed by atoms with E-state index in [4.69, 9.17) is 12.2 Å². The summed E-state index contributed by atoms with van der Waals surface area (Å²) in [5, 5.41) is 3.22. The quantitative estimate of drug-likeness (QED) is 0.816. The molecule has 2 nitrogen and oxygen atoms in total. The van der Waals surface area contributed by atoms with Crippen molar-refractivity contribution in [1.82, 2.24) is 10.3 Å². The van der Waals surface area contributed by atoms with E-state index in [1.54, 1.807) is 5.49 Å². The fourth-order valence-electron chi connectivity index (χ4n) is 1.80. The highest BCUT2D eigenvalue weighted by Crippen LogP contribution is 2.17. The first-order chi connectivity index (χ1) is 8.40. The zero-order valence-corrected chi connectivity index (χ0v) is 10.2. The maximum atomic E-state index is 4.90. The van der Waals surface area contributed by atoms with Gasteiger partial charge in [0, 0.05) is 12.4 Å². The lowest BCUT2D eigenvalue weighted by atomic mass is 10.00. The normalized spacial score (nSPS) is 11.8. The lowest BCUT2D eigenvalue weighted by molar-refractivity contribution is 0.654. The molecule has 2 aromatic rings. The second kappa shape index (κ2) is 6.11. The first-order valence-electron chi connectivity index (χ1n) is 5.53. The molecule has 0 aliphatic heterocycles. The molecule has 0 bridgehead atoms. The highest BCUT2D eigenvalue weighted by molar-refractivity contribution is 7.78. The third-order valence-electron chi connectivity index (χ3n) is 2.66. The Morgan fingerprint density at radius 3 is 2.47 bits per heavy atom. The van der Waals surface area contributed by atoms with Crippen molar-refractivity contribution in [3.05, 3.63) is 66.0 Å². The molecule has 1 atom stereocenters. The Hall–Kier alpha value is -1.74. The largest absolute Gasteiger partial charge is 0.375 e. The summed E-state index contributed by atoms with van der Waals surface area (Å²) < 4.78 is 0. The molecule has 3 heteroatoms. The molecule has 1 aromatic heterocycles. The summed E-state index contributed by atoms with van der Waals surface area (Å²) in [5.41, 5.74) is 4.07. The summed E-state index contributed by atoms with van der Waals surface area (Å²) >= 11 is 4.90. The van der Waals surface area contributed by atoms with Crippen LogP contribution >= 0.6 is 12.2 Å². The maximum Gasteiger partial charge on any atom is 0.0619 e. The molecule has 2 rings (SSSR count). The molecule has 0 radical (unpaired) electrons. The van der Waals surface area contributed by atoms with Gasteiger partial charge in [0.1, 0.15) is 0 Å². The molecule has 0 amide bonds. The maximum absolute atomic E-state index is 4.90. The van der Waals surface area contributed by atoms with E-state index in [0.29, 0.717) is 0 Å². The molecule has 17 heavy (non-hydrogen) atoms. The molecule has 0 saturated heterocycles. The number of thiocarbonyl (C=S) groups is 1. The van der Waals surface area contributed by atoms with Gasteiger partial charge in [0.2, 0.25) is 0 Å². The molecule has 86 valence electrons. The predicted molar refractivity (Wildman–Crippen MR) is 73.9 cm³/mol. The zero-order chi connectivity index (χ0) is 11.9. The van der Waals surface area contributed by atoms with Crippen LogP contribution in [0.4, 0.5) is 0 Å². The highest BCUT2D eigenvalue weighted by atomic mass is 32.1. The summed E-state index contributed by atoms with van der Waals surface area (Å²) in [7, 11) is 0. The Morgan fingerprint density at radius 2 is 1.82 bits per heavy atom. The summed E-state index contributed by atoms with van der Waals surface area (Å²) in [6, 6.07) is 14.6. The van der Waals surface area contributed by atoms with Crippen molar-refractivity contribution in [2.75, 3.05) is 0 Å². The molecule has 0 saturated carbocycles. The van der Waals surface area contributed by atoms with Gasteiger partial charge >= 0.3 is 0 Å². The van der Waals surface area contributed by atoms with Crippen LogP contribution < -0.4 is 5.32 Å². The summed E-state index contributed by atoms with van der Waals surface area (Å²) in [4.78, 5) is 4.02. The minimum Gasteiger partial charge on any atom is -0.375 e. The van der Waals surface area contributed by atoms with Crippen LogP contribution in [0.2, 0.25) is 0 Å². The number of nitrogens with zero attached hydrogens (tertiary/aromatic N) is 1. The van der Waals surface area contributed by atoms with Crippen LogP contribution in [0.25, 0.3) is 0 Å². The molecule has 1 N–H and O–H groups in total. The van der Waals surface area contributed by atoms with Gasteiger partial charge in [-0.3, -0.25) is 4.98 Å². The van der Waals surface area contributed by atoms with Crippen LogP contribution in [0.15, 0.2) is 54.9 Å². The average molecular weight is 242 g/mol. The first-order valence-corrected chi connectivity index (χ1v) is 6.01. The number of nitrogens with one attached hydrogen (secondary N) is 1. The van der Waals surface area contributed by atoms with Gasteiger partial charge in [-0.15, -0.1) is 0 Å². The summed E-state index contributed by atoms with van der Waals surface area (Å²) in [6.07, 6.45) is 4.53. The SMILES string of the molecule is S=CNC(Cc1ccncc1)c1ccccc1. The van der Waals surface area contributed by atoms with Gasteiger partial charge in [-0.1, -0.05) is 42.5 Å². The van der Waals surface area contributed by atoms with Crippen LogP contribution in [-0.2, 0) is 6.42 Å². The van der Waals surface area contributed by atoms with E-state index in [-0.39, 0.29) is 6.04 Å². The Kier molecular flexibility index (Phi) is 4.22. The fourth-order valence-corrected chi connectivity index (χ4v) is 1.96. The molecule has 0 fully saturated rings. The minimum atomic E-state index is 0.219. The second-order valence-corrected chi connectivity index (χ2v) is 4.04. The van der Waals surface area contributed by atoms with E-state index in [1.807, 2.05) is 42.7 Å². The van der Waals surface area contributed by atoms with E-state index in [9.17, 15) is 0 Å². The van der Waals surface area contributed by atoms with Crippen molar-refractivity contribution in [3.63, 3.8) is 0 Å². The monoisotopic (exact) mass is 242 g/mol. The molecule has 1 unspecified atom stereocenters. The van der Waals surface area contributed by atoms with Crippen molar-refractivity contribution < 1.29 is 0 Å². The smallest absolute Gasteiger partial charge is 0.0619 e. The fraction of sp³-hybridized carbons (Fsp3) is 0.143. The van der Waals surface area contributed by atoms with E-state index in [0.717, 1.165) is 6.42 Å². The molecular formula is C14H14N2S. The highest BCUT2D eigenvalue weighted by Gasteiger charge is 2.09. The average Bonchev–Trinajstić information content (AvgIpc) is 2.40. The third-order valence-corrected chi connectivity index (χ3v) is 2.80. The standard InChI is InChI=1S/C14H14N2S/c17-11-16-14(13-4-2-1-3-5-13)10-12-6-8-15-9-7-12/h1-9,11,14H,10H2,(H,16,17). The van der Waals surface area contributed by atoms with E-state index < -0.39 is 0 Å². The van der Waals surface area contributed by atoms with Gasteiger partial charge in [-0.2, -0.15) is 0 Å². The lowest BCUT2D eigenvalue weighted by Gasteiger charge is -2.17. The first kappa shape index (κ1) is 11.7.